The largest absolute Gasteiger partial charge is 0.486 e. The molecule has 23 heavy (non-hydrogen) atoms. The third kappa shape index (κ3) is 3.45. The van der Waals surface area contributed by atoms with Crippen molar-refractivity contribution in [1.82, 2.24) is 4.90 Å². The zero-order chi connectivity index (χ0) is 16.4. The number of ether oxygens (including phenoxy) is 2. The number of hydrogen-bond acceptors (Lipinski definition) is 4. The first kappa shape index (κ1) is 15.7. The number of amides is 1. The van der Waals surface area contributed by atoms with Gasteiger partial charge in [-0.1, -0.05) is 6.07 Å². The average molecular weight is 336 g/mol. The van der Waals surface area contributed by atoms with E-state index in [0.29, 0.717) is 31.3 Å². The van der Waals surface area contributed by atoms with E-state index in [1.807, 2.05) is 18.2 Å². The molecule has 0 N–H and O–H groups in total. The van der Waals surface area contributed by atoms with Crippen LogP contribution in [0.25, 0.3) is 0 Å². The molecule has 1 aliphatic heterocycles. The van der Waals surface area contributed by atoms with Crippen molar-refractivity contribution in [2.45, 2.75) is 18.8 Å². The number of carbonyl (C=O) groups is 1. The number of nitrogens with zero attached hydrogens (tertiary/aromatic N) is 1. The van der Waals surface area contributed by atoms with Crippen molar-refractivity contribution in [3.05, 3.63) is 47.4 Å². The first-order valence-electron chi connectivity index (χ1n) is 7.42. The van der Waals surface area contributed by atoms with E-state index >= 15 is 0 Å². The number of hydrogen-bond donors (Lipinski definition) is 0. The lowest BCUT2D eigenvalue weighted by Gasteiger charge is -2.20. The Bertz CT molecular complexity index is 710. The molecule has 1 aromatic carbocycles. The van der Waals surface area contributed by atoms with Gasteiger partial charge in [0.25, 0.3) is 5.91 Å². The van der Waals surface area contributed by atoms with E-state index < -0.39 is 0 Å². The molecule has 122 valence electrons. The minimum atomic E-state index is -0.264. The van der Waals surface area contributed by atoms with Crippen LogP contribution in [0.2, 0.25) is 0 Å². The maximum atomic E-state index is 12.4. The van der Waals surface area contributed by atoms with Gasteiger partial charge in [-0.3, -0.25) is 4.79 Å². The maximum Gasteiger partial charge on any atom is 0.289 e. The van der Waals surface area contributed by atoms with Crippen LogP contribution < -0.4 is 9.47 Å². The highest BCUT2D eigenvalue weighted by Gasteiger charge is 2.19. The van der Waals surface area contributed by atoms with Crippen LogP contribution in [-0.4, -0.2) is 31.1 Å². The number of fused-ring (bicyclic) bond motifs is 1. The molecule has 0 bridgehead atoms. The molecule has 6 heteroatoms. The first-order valence-corrected chi connectivity index (χ1v) is 7.86. The number of furan rings is 1. The molecule has 0 aliphatic carbocycles. The van der Waals surface area contributed by atoms with Gasteiger partial charge in [0.15, 0.2) is 17.3 Å². The van der Waals surface area contributed by atoms with Crippen molar-refractivity contribution in [2.24, 2.45) is 0 Å². The summed E-state index contributed by atoms with van der Waals surface area (Å²) in [5.74, 6) is 2.13. The molecular formula is C17H18ClNO4. The quantitative estimate of drug-likeness (QED) is 0.801. The third-order valence-corrected chi connectivity index (χ3v) is 3.82. The van der Waals surface area contributed by atoms with E-state index in [4.69, 9.17) is 25.5 Å². The Morgan fingerprint density at radius 1 is 1.22 bits per heavy atom. The van der Waals surface area contributed by atoms with Crippen LogP contribution in [0.1, 0.15) is 34.2 Å². The van der Waals surface area contributed by atoms with Crippen LogP contribution in [-0.2, 0) is 6.54 Å². The topological polar surface area (TPSA) is 51.9 Å². The van der Waals surface area contributed by atoms with Gasteiger partial charge in [-0.05, 0) is 36.8 Å². The Kier molecular flexibility index (Phi) is 4.48. The van der Waals surface area contributed by atoms with E-state index in [1.165, 1.54) is 0 Å². The van der Waals surface area contributed by atoms with E-state index in [0.717, 1.165) is 11.3 Å². The molecule has 0 saturated carbocycles. The van der Waals surface area contributed by atoms with Crippen LogP contribution in [0.3, 0.4) is 0 Å². The van der Waals surface area contributed by atoms with Gasteiger partial charge >= 0.3 is 0 Å². The highest BCUT2D eigenvalue weighted by atomic mass is 35.5. The van der Waals surface area contributed by atoms with Crippen molar-refractivity contribution in [1.29, 1.82) is 0 Å². The molecule has 2 heterocycles. The number of alkyl halides is 1. The van der Waals surface area contributed by atoms with Crippen molar-refractivity contribution < 1.29 is 18.7 Å². The number of carbonyl (C=O) groups excluding carboxylic acids is 1. The number of rotatable bonds is 4. The predicted octanol–water partition coefficient (Wildman–Crippen LogP) is 3.62. The van der Waals surface area contributed by atoms with Gasteiger partial charge in [0.1, 0.15) is 19.0 Å². The lowest BCUT2D eigenvalue weighted by atomic mass is 10.2. The molecule has 0 fully saturated rings. The van der Waals surface area contributed by atoms with Gasteiger partial charge in [-0.2, -0.15) is 0 Å². The Balaban J connectivity index is 1.70. The summed E-state index contributed by atoms with van der Waals surface area (Å²) in [4.78, 5) is 14.0. The molecular weight excluding hydrogens is 318 g/mol. The summed E-state index contributed by atoms with van der Waals surface area (Å²) >= 11 is 5.95. The first-order chi connectivity index (χ1) is 11.0. The molecule has 5 nitrogen and oxygen atoms in total. The van der Waals surface area contributed by atoms with E-state index in [9.17, 15) is 4.79 Å². The summed E-state index contributed by atoms with van der Waals surface area (Å²) < 4.78 is 16.5. The minimum Gasteiger partial charge on any atom is -0.486 e. The van der Waals surface area contributed by atoms with E-state index in [2.05, 4.69) is 0 Å². The van der Waals surface area contributed by atoms with Crippen molar-refractivity contribution >= 4 is 17.5 Å². The molecule has 3 rings (SSSR count). The molecule has 1 aromatic heterocycles. The Hall–Kier alpha value is -2.14. The third-order valence-electron chi connectivity index (χ3n) is 3.60. The lowest BCUT2D eigenvalue weighted by molar-refractivity contribution is 0.0751. The molecule has 0 spiro atoms. The zero-order valence-corrected chi connectivity index (χ0v) is 13.8. The van der Waals surface area contributed by atoms with Gasteiger partial charge in [-0.25, -0.2) is 0 Å². The van der Waals surface area contributed by atoms with Crippen molar-refractivity contribution in [2.75, 3.05) is 20.3 Å². The zero-order valence-electron chi connectivity index (χ0n) is 13.0. The Morgan fingerprint density at radius 3 is 2.65 bits per heavy atom. The fraction of sp³-hybridized carbons (Fsp3) is 0.353. The number of halogens is 1. The molecule has 0 saturated heterocycles. The summed E-state index contributed by atoms with van der Waals surface area (Å²) in [6.45, 7) is 3.34. The second-order valence-corrected chi connectivity index (χ2v) is 6.11. The van der Waals surface area contributed by atoms with Gasteiger partial charge in [0, 0.05) is 13.6 Å². The summed E-state index contributed by atoms with van der Waals surface area (Å²) in [7, 11) is 1.73. The highest BCUT2D eigenvalue weighted by Crippen LogP contribution is 2.31. The fourth-order valence-electron chi connectivity index (χ4n) is 2.40. The Labute approximate surface area is 139 Å². The molecule has 1 atom stereocenters. The van der Waals surface area contributed by atoms with Gasteiger partial charge in [0.2, 0.25) is 0 Å². The summed E-state index contributed by atoms with van der Waals surface area (Å²) in [6, 6.07) is 9.06. The lowest BCUT2D eigenvalue weighted by Crippen LogP contribution is -2.26. The maximum absolute atomic E-state index is 12.4. The second kappa shape index (κ2) is 6.54. The van der Waals surface area contributed by atoms with Gasteiger partial charge in [0.05, 0.1) is 5.38 Å². The fourth-order valence-corrected chi connectivity index (χ4v) is 2.52. The molecule has 1 aliphatic rings. The second-order valence-electron chi connectivity index (χ2n) is 5.46. The predicted molar refractivity (Wildman–Crippen MR) is 86.2 cm³/mol. The highest BCUT2D eigenvalue weighted by molar-refractivity contribution is 6.20. The van der Waals surface area contributed by atoms with E-state index in [-0.39, 0.29) is 17.0 Å². The van der Waals surface area contributed by atoms with Gasteiger partial charge in [-0.15, -0.1) is 11.6 Å². The molecule has 0 radical (unpaired) electrons. The monoisotopic (exact) mass is 335 g/mol. The van der Waals surface area contributed by atoms with Crippen LogP contribution in [0.15, 0.2) is 34.7 Å². The number of benzene rings is 1. The van der Waals surface area contributed by atoms with Crippen LogP contribution in [0.4, 0.5) is 0 Å². The molecule has 1 unspecified atom stereocenters. The van der Waals surface area contributed by atoms with Crippen LogP contribution in [0.5, 0.6) is 11.5 Å². The summed E-state index contributed by atoms with van der Waals surface area (Å²) in [5.41, 5.74) is 0.961. The Morgan fingerprint density at radius 2 is 1.96 bits per heavy atom. The minimum absolute atomic E-state index is 0.191. The van der Waals surface area contributed by atoms with Gasteiger partial charge < -0.3 is 18.8 Å². The summed E-state index contributed by atoms with van der Waals surface area (Å²) in [5, 5.41) is -0.264. The molecule has 2 aromatic rings. The SMILES string of the molecule is CC(Cl)c1ccc(C(=O)N(C)Cc2ccc3c(c2)OCCO3)o1. The van der Waals surface area contributed by atoms with Crippen LogP contribution >= 0.6 is 11.6 Å². The standard InChI is InChI=1S/C17H18ClNO4/c1-11(18)13-5-6-15(23-13)17(20)19(2)10-12-3-4-14-16(9-12)22-8-7-21-14/h3-6,9,11H,7-8,10H2,1-2H3. The normalized spacial score (nSPS) is 14.4. The summed E-state index contributed by atoms with van der Waals surface area (Å²) in [6.07, 6.45) is 0. The smallest absolute Gasteiger partial charge is 0.289 e. The average Bonchev–Trinajstić information content (AvgIpc) is 3.04. The molecule has 1 amide bonds. The van der Waals surface area contributed by atoms with Crippen molar-refractivity contribution in [3.63, 3.8) is 0 Å². The van der Waals surface area contributed by atoms with Crippen molar-refractivity contribution in [3.8, 4) is 11.5 Å². The van der Waals surface area contributed by atoms with E-state index in [1.54, 1.807) is 31.0 Å². The van der Waals surface area contributed by atoms with Crippen LogP contribution in [0, 0.1) is 0 Å².